The van der Waals surface area contributed by atoms with Gasteiger partial charge in [-0.05, 0) is 20.3 Å². The summed E-state index contributed by atoms with van der Waals surface area (Å²) in [6, 6.07) is 0. The van der Waals surface area contributed by atoms with Crippen LogP contribution in [0.15, 0.2) is 12.2 Å². The van der Waals surface area contributed by atoms with Crippen molar-refractivity contribution in [1.29, 1.82) is 0 Å². The lowest BCUT2D eigenvalue weighted by molar-refractivity contribution is -0.0177. The first kappa shape index (κ1) is 9.75. The molecule has 1 aliphatic heterocycles. The number of hydrogen-bond donors (Lipinski definition) is 0. The Hall–Kier alpha value is -0.340. The molecule has 12 heavy (non-hydrogen) atoms. The highest BCUT2D eigenvalue weighted by Gasteiger charge is 2.15. The predicted molar refractivity (Wildman–Crippen MR) is 51.3 cm³/mol. The minimum atomic E-state index is 0.406. The van der Waals surface area contributed by atoms with Crippen LogP contribution < -0.4 is 0 Å². The van der Waals surface area contributed by atoms with Crippen LogP contribution in [0.3, 0.4) is 0 Å². The number of ether oxygens (including phenoxy) is 1. The summed E-state index contributed by atoms with van der Waals surface area (Å²) < 4.78 is 5.45. The molecule has 2 nitrogen and oxygen atoms in total. The minimum absolute atomic E-state index is 0.406. The molecular weight excluding hydrogens is 150 g/mol. The molecule has 0 aliphatic carbocycles. The van der Waals surface area contributed by atoms with Crippen molar-refractivity contribution in [3.8, 4) is 0 Å². The Bertz CT molecular complexity index is 156. The van der Waals surface area contributed by atoms with Gasteiger partial charge in [0, 0.05) is 19.6 Å². The van der Waals surface area contributed by atoms with Crippen LogP contribution in [0.25, 0.3) is 0 Å². The lowest BCUT2D eigenvalue weighted by Gasteiger charge is -2.30. The first-order valence-corrected chi connectivity index (χ1v) is 4.67. The summed E-state index contributed by atoms with van der Waals surface area (Å²) in [6.45, 7) is 12.3. The Labute approximate surface area is 75.2 Å². The first-order chi connectivity index (χ1) is 5.68. The monoisotopic (exact) mass is 169 g/mol. The summed E-state index contributed by atoms with van der Waals surface area (Å²) in [5.41, 5.74) is 1.27. The van der Waals surface area contributed by atoms with Crippen molar-refractivity contribution >= 4 is 0 Å². The van der Waals surface area contributed by atoms with Gasteiger partial charge in [0.05, 0.1) is 12.7 Å². The second-order valence-electron chi connectivity index (χ2n) is 3.69. The van der Waals surface area contributed by atoms with Gasteiger partial charge in [0.1, 0.15) is 0 Å². The van der Waals surface area contributed by atoms with E-state index >= 15 is 0 Å². The van der Waals surface area contributed by atoms with Crippen molar-refractivity contribution in [1.82, 2.24) is 4.90 Å². The van der Waals surface area contributed by atoms with Gasteiger partial charge in [-0.3, -0.25) is 4.90 Å². The highest BCUT2D eigenvalue weighted by molar-refractivity contribution is 4.89. The second-order valence-corrected chi connectivity index (χ2v) is 3.69. The molecular formula is C10H19NO. The van der Waals surface area contributed by atoms with Crippen LogP contribution in [-0.2, 0) is 4.74 Å². The molecule has 0 aromatic carbocycles. The van der Waals surface area contributed by atoms with Crippen LogP contribution in [-0.4, -0.2) is 37.2 Å². The van der Waals surface area contributed by atoms with E-state index in [2.05, 4.69) is 25.3 Å². The summed E-state index contributed by atoms with van der Waals surface area (Å²) in [6.07, 6.45) is 1.52. The van der Waals surface area contributed by atoms with Crippen molar-refractivity contribution in [3.05, 3.63) is 12.2 Å². The lowest BCUT2D eigenvalue weighted by Crippen LogP contribution is -2.41. The van der Waals surface area contributed by atoms with Crippen molar-refractivity contribution in [3.63, 3.8) is 0 Å². The van der Waals surface area contributed by atoms with Gasteiger partial charge < -0.3 is 4.74 Å². The predicted octanol–water partition coefficient (Wildman–Crippen LogP) is 1.67. The van der Waals surface area contributed by atoms with E-state index in [4.69, 9.17) is 4.74 Å². The van der Waals surface area contributed by atoms with Gasteiger partial charge in [-0.15, -0.1) is 6.58 Å². The molecule has 1 aliphatic rings. The third-order valence-electron chi connectivity index (χ3n) is 2.18. The quantitative estimate of drug-likeness (QED) is 0.596. The number of morpholine rings is 1. The average molecular weight is 169 g/mol. The van der Waals surface area contributed by atoms with E-state index in [9.17, 15) is 0 Å². The number of rotatable bonds is 3. The second kappa shape index (κ2) is 4.63. The van der Waals surface area contributed by atoms with Crippen LogP contribution in [0, 0.1) is 0 Å². The molecule has 0 spiro atoms. The number of hydrogen-bond acceptors (Lipinski definition) is 2. The summed E-state index contributed by atoms with van der Waals surface area (Å²) in [5.74, 6) is 0. The largest absolute Gasteiger partial charge is 0.376 e. The molecule has 1 saturated heterocycles. The van der Waals surface area contributed by atoms with E-state index in [1.54, 1.807) is 0 Å². The molecule has 0 bridgehead atoms. The Balaban J connectivity index is 2.18. The zero-order valence-electron chi connectivity index (χ0n) is 8.18. The first-order valence-electron chi connectivity index (χ1n) is 4.67. The van der Waals surface area contributed by atoms with Crippen molar-refractivity contribution in [2.75, 3.05) is 26.2 Å². The van der Waals surface area contributed by atoms with Gasteiger partial charge in [0.2, 0.25) is 0 Å². The molecule has 0 radical (unpaired) electrons. The zero-order valence-corrected chi connectivity index (χ0v) is 8.18. The van der Waals surface area contributed by atoms with Crippen LogP contribution in [0.5, 0.6) is 0 Å². The maximum absolute atomic E-state index is 5.45. The van der Waals surface area contributed by atoms with E-state index in [0.717, 1.165) is 32.7 Å². The molecule has 0 aromatic rings. The highest BCUT2D eigenvalue weighted by Crippen LogP contribution is 2.06. The lowest BCUT2D eigenvalue weighted by atomic mass is 10.2. The van der Waals surface area contributed by atoms with E-state index < -0.39 is 0 Å². The molecule has 0 saturated carbocycles. The summed E-state index contributed by atoms with van der Waals surface area (Å²) >= 11 is 0. The zero-order chi connectivity index (χ0) is 8.97. The molecule has 1 fully saturated rings. The summed E-state index contributed by atoms with van der Waals surface area (Å²) in [5, 5.41) is 0. The van der Waals surface area contributed by atoms with Gasteiger partial charge in [-0.1, -0.05) is 5.57 Å². The topological polar surface area (TPSA) is 12.5 Å². The van der Waals surface area contributed by atoms with Crippen LogP contribution in [0.1, 0.15) is 20.3 Å². The van der Waals surface area contributed by atoms with E-state index in [-0.39, 0.29) is 0 Å². The molecule has 0 unspecified atom stereocenters. The van der Waals surface area contributed by atoms with Crippen LogP contribution in [0.4, 0.5) is 0 Å². The van der Waals surface area contributed by atoms with Gasteiger partial charge >= 0.3 is 0 Å². The Morgan fingerprint density at radius 3 is 3.00 bits per heavy atom. The molecule has 1 heterocycles. The average Bonchev–Trinajstić information content (AvgIpc) is 2.01. The summed E-state index contributed by atoms with van der Waals surface area (Å²) in [4.78, 5) is 2.45. The molecule has 0 aromatic heterocycles. The van der Waals surface area contributed by atoms with Crippen LogP contribution in [0.2, 0.25) is 0 Å². The van der Waals surface area contributed by atoms with Gasteiger partial charge in [0.25, 0.3) is 0 Å². The fourth-order valence-electron chi connectivity index (χ4n) is 1.44. The fraction of sp³-hybridized carbons (Fsp3) is 0.800. The van der Waals surface area contributed by atoms with Gasteiger partial charge in [-0.25, -0.2) is 0 Å². The molecule has 1 atom stereocenters. The van der Waals surface area contributed by atoms with Crippen molar-refractivity contribution in [2.24, 2.45) is 0 Å². The third-order valence-corrected chi connectivity index (χ3v) is 2.18. The summed E-state index contributed by atoms with van der Waals surface area (Å²) in [7, 11) is 0. The maximum Gasteiger partial charge on any atom is 0.0674 e. The Morgan fingerprint density at radius 1 is 1.67 bits per heavy atom. The molecule has 0 N–H and O–H groups in total. The fourth-order valence-corrected chi connectivity index (χ4v) is 1.44. The third kappa shape index (κ3) is 3.37. The van der Waals surface area contributed by atoms with Gasteiger partial charge in [0.15, 0.2) is 0 Å². The van der Waals surface area contributed by atoms with Crippen molar-refractivity contribution in [2.45, 2.75) is 26.4 Å². The maximum atomic E-state index is 5.45. The molecule has 1 rings (SSSR count). The minimum Gasteiger partial charge on any atom is -0.376 e. The highest BCUT2D eigenvalue weighted by atomic mass is 16.5. The van der Waals surface area contributed by atoms with E-state index in [0.29, 0.717) is 6.10 Å². The molecule has 70 valence electrons. The standard InChI is InChI=1S/C10H19NO/c1-9(2)4-5-11-6-7-12-10(3)8-11/h10H,1,4-8H2,2-3H3/t10-/m1/s1. The Kier molecular flexibility index (Phi) is 3.76. The van der Waals surface area contributed by atoms with E-state index in [1.807, 2.05) is 0 Å². The SMILES string of the molecule is C=C(C)CCN1CCO[C@H](C)C1. The smallest absolute Gasteiger partial charge is 0.0674 e. The van der Waals surface area contributed by atoms with Crippen LogP contribution >= 0.6 is 0 Å². The van der Waals surface area contributed by atoms with E-state index in [1.165, 1.54) is 5.57 Å². The van der Waals surface area contributed by atoms with Gasteiger partial charge in [-0.2, -0.15) is 0 Å². The van der Waals surface area contributed by atoms with Crippen molar-refractivity contribution < 1.29 is 4.74 Å². The molecule has 0 amide bonds. The number of nitrogens with zero attached hydrogens (tertiary/aromatic N) is 1. The molecule has 2 heteroatoms. The Morgan fingerprint density at radius 2 is 2.42 bits per heavy atom. The normalized spacial score (nSPS) is 25.7.